The van der Waals surface area contributed by atoms with Crippen molar-refractivity contribution in [2.75, 3.05) is 13.1 Å². The summed E-state index contributed by atoms with van der Waals surface area (Å²) in [6.07, 6.45) is 5.15. The van der Waals surface area contributed by atoms with E-state index in [1.165, 1.54) is 38.8 Å². The second kappa shape index (κ2) is 6.47. The normalized spacial score (nSPS) is 12.0. The van der Waals surface area contributed by atoms with Crippen LogP contribution in [0, 0.1) is 5.41 Å². The number of rotatable bonds is 7. The first-order valence-corrected chi connectivity index (χ1v) is 5.45. The van der Waals surface area contributed by atoms with E-state index < -0.39 is 0 Å². The molecule has 0 spiro atoms. The molecule has 0 aliphatic rings. The van der Waals surface area contributed by atoms with Gasteiger partial charge in [0.25, 0.3) is 0 Å². The van der Waals surface area contributed by atoms with Crippen LogP contribution in [0.3, 0.4) is 0 Å². The zero-order valence-electron chi connectivity index (χ0n) is 9.24. The first-order valence-electron chi connectivity index (χ1n) is 5.45. The van der Waals surface area contributed by atoms with Gasteiger partial charge < -0.3 is 5.32 Å². The van der Waals surface area contributed by atoms with E-state index in [1.54, 1.807) is 0 Å². The fourth-order valence-corrected chi connectivity index (χ4v) is 1.66. The molecule has 0 rings (SSSR count). The van der Waals surface area contributed by atoms with Gasteiger partial charge in [-0.2, -0.15) is 0 Å². The van der Waals surface area contributed by atoms with Gasteiger partial charge in [-0.1, -0.05) is 27.7 Å². The number of nitrogens with one attached hydrogen (secondary N) is 1. The summed E-state index contributed by atoms with van der Waals surface area (Å²) in [5, 5.41) is 3.53. The lowest BCUT2D eigenvalue weighted by Crippen LogP contribution is -2.33. The summed E-state index contributed by atoms with van der Waals surface area (Å²) in [6.45, 7) is 11.5. The van der Waals surface area contributed by atoms with Crippen LogP contribution < -0.4 is 5.32 Å². The predicted octanol–water partition coefficient (Wildman–Crippen LogP) is 3.20. The third kappa shape index (κ3) is 3.57. The van der Waals surface area contributed by atoms with Crippen molar-refractivity contribution in [3.8, 4) is 0 Å². The largest absolute Gasteiger partial charge is 0.316 e. The van der Waals surface area contributed by atoms with Crippen LogP contribution in [0.5, 0.6) is 0 Å². The number of hydrogen-bond donors (Lipinski definition) is 1. The molecule has 0 aromatic carbocycles. The van der Waals surface area contributed by atoms with Gasteiger partial charge in [-0.3, -0.25) is 0 Å². The monoisotopic (exact) mass is 171 g/mol. The smallest absolute Gasteiger partial charge is 0.000750 e. The first kappa shape index (κ1) is 12.0. The summed E-state index contributed by atoms with van der Waals surface area (Å²) in [6, 6.07) is 0. The van der Waals surface area contributed by atoms with Crippen LogP contribution >= 0.6 is 0 Å². The van der Waals surface area contributed by atoms with Gasteiger partial charge in [0.2, 0.25) is 0 Å². The summed E-state index contributed by atoms with van der Waals surface area (Å²) in [5.41, 5.74) is 0.565. The van der Waals surface area contributed by atoms with Crippen molar-refractivity contribution in [1.29, 1.82) is 0 Å². The van der Waals surface area contributed by atoms with Crippen LogP contribution in [-0.4, -0.2) is 13.1 Å². The molecule has 1 heteroatoms. The van der Waals surface area contributed by atoms with Gasteiger partial charge in [0, 0.05) is 6.54 Å². The lowest BCUT2D eigenvalue weighted by atomic mass is 9.80. The van der Waals surface area contributed by atoms with Crippen molar-refractivity contribution in [2.45, 2.75) is 53.4 Å². The van der Waals surface area contributed by atoms with E-state index in [2.05, 4.69) is 33.0 Å². The average Bonchev–Trinajstić information content (AvgIpc) is 2.14. The van der Waals surface area contributed by atoms with Crippen LogP contribution in [0.15, 0.2) is 0 Å². The third-order valence-electron chi connectivity index (χ3n) is 3.18. The Labute approximate surface area is 77.9 Å². The minimum atomic E-state index is 0.565. The lowest BCUT2D eigenvalue weighted by Gasteiger charge is -2.30. The van der Waals surface area contributed by atoms with Gasteiger partial charge in [0.05, 0.1) is 0 Å². The molecule has 0 aromatic heterocycles. The highest BCUT2D eigenvalue weighted by Gasteiger charge is 2.22. The molecular formula is C11H25N. The molecule has 74 valence electrons. The Hall–Kier alpha value is -0.0400. The molecule has 0 atom stereocenters. The fraction of sp³-hybridized carbons (Fsp3) is 1.00. The molecule has 0 aliphatic carbocycles. The molecule has 0 unspecified atom stereocenters. The minimum Gasteiger partial charge on any atom is -0.316 e. The minimum absolute atomic E-state index is 0.565. The summed E-state index contributed by atoms with van der Waals surface area (Å²) in [7, 11) is 0. The lowest BCUT2D eigenvalue weighted by molar-refractivity contribution is 0.239. The fourth-order valence-electron chi connectivity index (χ4n) is 1.66. The van der Waals surface area contributed by atoms with Gasteiger partial charge >= 0.3 is 0 Å². The molecule has 1 N–H and O–H groups in total. The van der Waals surface area contributed by atoms with E-state index >= 15 is 0 Å². The zero-order chi connectivity index (χ0) is 9.45. The Bertz CT molecular complexity index is 86.9. The molecule has 0 heterocycles. The summed E-state index contributed by atoms with van der Waals surface area (Å²) in [4.78, 5) is 0. The van der Waals surface area contributed by atoms with E-state index in [-0.39, 0.29) is 0 Å². The first-order chi connectivity index (χ1) is 5.74. The van der Waals surface area contributed by atoms with E-state index in [1.807, 2.05) is 0 Å². The maximum atomic E-state index is 3.53. The zero-order valence-corrected chi connectivity index (χ0v) is 9.24. The van der Waals surface area contributed by atoms with Crippen molar-refractivity contribution in [3.63, 3.8) is 0 Å². The molecule has 0 amide bonds. The molecule has 0 fully saturated rings. The molecule has 1 nitrogen and oxygen atoms in total. The summed E-state index contributed by atoms with van der Waals surface area (Å²) >= 11 is 0. The van der Waals surface area contributed by atoms with Gasteiger partial charge in [0.15, 0.2) is 0 Å². The molecule has 12 heavy (non-hydrogen) atoms. The molecule has 0 saturated heterocycles. The van der Waals surface area contributed by atoms with E-state index in [0.717, 1.165) is 0 Å². The van der Waals surface area contributed by atoms with Crippen LogP contribution in [0.4, 0.5) is 0 Å². The second-order valence-electron chi connectivity index (χ2n) is 3.74. The van der Waals surface area contributed by atoms with Gasteiger partial charge in [0.1, 0.15) is 0 Å². The Morgan fingerprint density at radius 3 is 1.75 bits per heavy atom. The summed E-state index contributed by atoms with van der Waals surface area (Å²) in [5.74, 6) is 0. The molecular weight excluding hydrogens is 146 g/mol. The molecule has 0 aliphatic heterocycles. The maximum absolute atomic E-state index is 3.53. The Balaban J connectivity index is 3.76. The van der Waals surface area contributed by atoms with Crippen LogP contribution in [-0.2, 0) is 0 Å². The predicted molar refractivity (Wildman–Crippen MR) is 56.5 cm³/mol. The van der Waals surface area contributed by atoms with Crippen molar-refractivity contribution in [2.24, 2.45) is 5.41 Å². The van der Waals surface area contributed by atoms with E-state index in [4.69, 9.17) is 0 Å². The van der Waals surface area contributed by atoms with Gasteiger partial charge in [-0.25, -0.2) is 0 Å². The Kier molecular flexibility index (Phi) is 6.45. The van der Waals surface area contributed by atoms with Crippen molar-refractivity contribution in [3.05, 3.63) is 0 Å². The average molecular weight is 171 g/mol. The van der Waals surface area contributed by atoms with E-state index in [9.17, 15) is 0 Å². The molecule has 0 radical (unpaired) electrons. The van der Waals surface area contributed by atoms with Crippen molar-refractivity contribution >= 4 is 0 Å². The topological polar surface area (TPSA) is 12.0 Å². The summed E-state index contributed by atoms with van der Waals surface area (Å²) < 4.78 is 0. The third-order valence-corrected chi connectivity index (χ3v) is 3.18. The Morgan fingerprint density at radius 1 is 0.917 bits per heavy atom. The van der Waals surface area contributed by atoms with Gasteiger partial charge in [-0.15, -0.1) is 0 Å². The molecule has 0 bridgehead atoms. The highest BCUT2D eigenvalue weighted by atomic mass is 14.9. The highest BCUT2D eigenvalue weighted by molar-refractivity contribution is 4.77. The Morgan fingerprint density at radius 2 is 1.42 bits per heavy atom. The number of hydrogen-bond acceptors (Lipinski definition) is 1. The quantitative estimate of drug-likeness (QED) is 0.580. The van der Waals surface area contributed by atoms with Crippen molar-refractivity contribution < 1.29 is 0 Å². The van der Waals surface area contributed by atoms with Crippen LogP contribution in [0.25, 0.3) is 0 Å². The highest BCUT2D eigenvalue weighted by Crippen LogP contribution is 2.28. The van der Waals surface area contributed by atoms with Crippen LogP contribution in [0.2, 0.25) is 0 Å². The second-order valence-corrected chi connectivity index (χ2v) is 3.74. The standard InChI is InChI=1S/C11H25N/c1-5-9-12-10-11(6-2,7-3)8-4/h12H,5-10H2,1-4H3. The maximum Gasteiger partial charge on any atom is 0.000750 e. The van der Waals surface area contributed by atoms with Crippen LogP contribution in [0.1, 0.15) is 53.4 Å². The van der Waals surface area contributed by atoms with Gasteiger partial charge in [-0.05, 0) is 37.6 Å². The molecule has 0 aromatic rings. The van der Waals surface area contributed by atoms with E-state index in [0.29, 0.717) is 5.41 Å². The van der Waals surface area contributed by atoms with Crippen molar-refractivity contribution in [1.82, 2.24) is 5.32 Å². The molecule has 0 saturated carbocycles. The SMILES string of the molecule is CCCNCC(CC)(CC)CC.